The molecule has 3 nitrogen and oxygen atoms in total. The van der Waals surface area contributed by atoms with E-state index in [0.29, 0.717) is 0 Å². The van der Waals surface area contributed by atoms with Crippen LogP contribution in [0, 0.1) is 6.92 Å². The van der Waals surface area contributed by atoms with Crippen molar-refractivity contribution in [1.29, 1.82) is 0 Å². The molecule has 2 rings (SSSR count). The maximum absolute atomic E-state index is 9.14. The number of aliphatic hydroxyl groups is 1. The summed E-state index contributed by atoms with van der Waals surface area (Å²) in [6.45, 7) is 6.40. The second-order valence-corrected chi connectivity index (χ2v) is 4.52. The molecule has 0 spiro atoms. The molecule has 0 bridgehead atoms. The second kappa shape index (κ2) is 5.36. The van der Waals surface area contributed by atoms with E-state index in [1.54, 1.807) is 0 Å². The fourth-order valence-electron chi connectivity index (χ4n) is 2.16. The van der Waals surface area contributed by atoms with E-state index in [4.69, 9.17) is 5.11 Å². The molecular weight excluding hydrogens is 224 g/mol. The fraction of sp³-hybridized carbons (Fsp3) is 0.400. The van der Waals surface area contributed by atoms with Crippen LogP contribution in [0.1, 0.15) is 36.4 Å². The van der Waals surface area contributed by atoms with Gasteiger partial charge >= 0.3 is 0 Å². The van der Waals surface area contributed by atoms with Gasteiger partial charge in [0.1, 0.15) is 0 Å². The summed E-state index contributed by atoms with van der Waals surface area (Å²) in [7, 11) is 0. The van der Waals surface area contributed by atoms with Gasteiger partial charge in [0.2, 0.25) is 0 Å². The predicted molar refractivity (Wildman–Crippen MR) is 73.0 cm³/mol. The Kier molecular flexibility index (Phi) is 3.82. The minimum absolute atomic E-state index is 0.0844. The number of hydrogen-bond donors (Lipinski definition) is 1. The molecule has 0 radical (unpaired) electrons. The normalized spacial score (nSPS) is 10.9. The molecule has 3 heteroatoms. The molecule has 0 aliphatic carbocycles. The lowest BCUT2D eigenvalue weighted by molar-refractivity contribution is 0.282. The maximum atomic E-state index is 9.14. The number of aromatic nitrogens is 2. The lowest BCUT2D eigenvalue weighted by Crippen LogP contribution is -2.04. The van der Waals surface area contributed by atoms with Crippen LogP contribution in [-0.2, 0) is 19.4 Å². The summed E-state index contributed by atoms with van der Waals surface area (Å²) in [5.74, 6) is 0. The minimum Gasteiger partial charge on any atom is -0.392 e. The van der Waals surface area contributed by atoms with Crippen LogP contribution >= 0.6 is 0 Å². The smallest absolute Gasteiger partial charge is 0.0681 e. The summed E-state index contributed by atoms with van der Waals surface area (Å²) < 4.78 is 2.02. The van der Waals surface area contributed by atoms with Gasteiger partial charge in [0, 0.05) is 5.69 Å². The van der Waals surface area contributed by atoms with Gasteiger partial charge in [-0.2, -0.15) is 5.10 Å². The van der Waals surface area contributed by atoms with E-state index in [2.05, 4.69) is 31.9 Å². The van der Waals surface area contributed by atoms with Crippen molar-refractivity contribution in [3.63, 3.8) is 0 Å². The van der Waals surface area contributed by atoms with Crippen LogP contribution in [0.15, 0.2) is 24.3 Å². The van der Waals surface area contributed by atoms with Gasteiger partial charge in [0.05, 0.1) is 18.0 Å². The van der Waals surface area contributed by atoms with E-state index < -0.39 is 0 Å². The molecule has 0 aliphatic heterocycles. The Morgan fingerprint density at radius 3 is 2.50 bits per heavy atom. The third-order valence-corrected chi connectivity index (χ3v) is 3.23. The Bertz CT molecular complexity index is 543. The van der Waals surface area contributed by atoms with Gasteiger partial charge in [0.15, 0.2) is 0 Å². The number of benzene rings is 1. The second-order valence-electron chi connectivity index (χ2n) is 4.52. The quantitative estimate of drug-likeness (QED) is 0.898. The van der Waals surface area contributed by atoms with Crippen LogP contribution < -0.4 is 0 Å². The van der Waals surface area contributed by atoms with Crippen LogP contribution in [-0.4, -0.2) is 14.9 Å². The first-order valence-corrected chi connectivity index (χ1v) is 6.48. The van der Waals surface area contributed by atoms with Gasteiger partial charge in [-0.05, 0) is 43.0 Å². The number of hydrogen-bond acceptors (Lipinski definition) is 2. The van der Waals surface area contributed by atoms with Crippen molar-refractivity contribution in [1.82, 2.24) is 9.78 Å². The maximum Gasteiger partial charge on any atom is 0.0681 e. The molecule has 2 aromatic rings. The van der Waals surface area contributed by atoms with Crippen molar-refractivity contribution in [2.75, 3.05) is 0 Å². The lowest BCUT2D eigenvalue weighted by atomic mass is 10.1. The zero-order chi connectivity index (χ0) is 13.1. The third-order valence-electron chi connectivity index (χ3n) is 3.23. The Hall–Kier alpha value is -1.61. The van der Waals surface area contributed by atoms with Crippen LogP contribution in [0.4, 0.5) is 0 Å². The summed E-state index contributed by atoms with van der Waals surface area (Å²) in [6, 6.07) is 8.17. The summed E-state index contributed by atoms with van der Waals surface area (Å²) in [5, 5.41) is 13.8. The molecular formula is C15H20N2O. The summed E-state index contributed by atoms with van der Waals surface area (Å²) in [4.78, 5) is 0. The van der Waals surface area contributed by atoms with E-state index in [1.165, 1.54) is 5.69 Å². The molecule has 1 aromatic carbocycles. The van der Waals surface area contributed by atoms with Gasteiger partial charge in [0.25, 0.3) is 0 Å². The van der Waals surface area contributed by atoms with Gasteiger partial charge in [-0.15, -0.1) is 0 Å². The Morgan fingerprint density at radius 1 is 1.17 bits per heavy atom. The summed E-state index contributed by atoms with van der Waals surface area (Å²) >= 11 is 0. The number of rotatable bonds is 4. The zero-order valence-corrected chi connectivity index (χ0v) is 11.3. The molecule has 0 saturated heterocycles. The van der Waals surface area contributed by atoms with Crippen molar-refractivity contribution in [3.05, 3.63) is 46.8 Å². The summed E-state index contributed by atoms with van der Waals surface area (Å²) in [6.07, 6.45) is 1.92. The Balaban J connectivity index is 2.50. The van der Waals surface area contributed by atoms with E-state index in [0.717, 1.165) is 35.3 Å². The molecule has 0 atom stereocenters. The standard InChI is InChI=1S/C15H20N2O/c1-4-13-9-14(5-2)17(16-13)15-7-6-12(10-18)8-11(15)3/h6-9,18H,4-5,10H2,1-3H3. The van der Waals surface area contributed by atoms with Gasteiger partial charge < -0.3 is 5.11 Å². The monoisotopic (exact) mass is 244 g/mol. The number of aryl methyl sites for hydroxylation is 3. The predicted octanol–water partition coefficient (Wildman–Crippen LogP) is 2.80. The first-order chi connectivity index (χ1) is 8.69. The van der Waals surface area contributed by atoms with Gasteiger partial charge in [-0.3, -0.25) is 0 Å². The van der Waals surface area contributed by atoms with Crippen molar-refractivity contribution < 1.29 is 5.11 Å². The average molecular weight is 244 g/mol. The number of aliphatic hydroxyl groups excluding tert-OH is 1. The highest BCUT2D eigenvalue weighted by Gasteiger charge is 2.09. The van der Waals surface area contributed by atoms with Gasteiger partial charge in [-0.25, -0.2) is 4.68 Å². The van der Waals surface area contributed by atoms with Crippen LogP contribution in [0.5, 0.6) is 0 Å². The van der Waals surface area contributed by atoms with Crippen LogP contribution in [0.2, 0.25) is 0 Å². The molecule has 1 heterocycles. The molecule has 0 unspecified atom stereocenters. The fourth-order valence-corrected chi connectivity index (χ4v) is 2.16. The van der Waals surface area contributed by atoms with Crippen molar-refractivity contribution in [3.8, 4) is 5.69 Å². The average Bonchev–Trinajstić information content (AvgIpc) is 2.81. The van der Waals surface area contributed by atoms with Crippen molar-refractivity contribution in [2.24, 2.45) is 0 Å². The SMILES string of the molecule is CCc1cc(CC)n(-c2ccc(CO)cc2C)n1. The van der Waals surface area contributed by atoms with E-state index in [-0.39, 0.29) is 6.61 Å². The zero-order valence-electron chi connectivity index (χ0n) is 11.3. The highest BCUT2D eigenvalue weighted by atomic mass is 16.3. The van der Waals surface area contributed by atoms with Crippen LogP contribution in [0.3, 0.4) is 0 Å². The Labute approximate surface area is 108 Å². The first-order valence-electron chi connectivity index (χ1n) is 6.48. The molecule has 0 saturated carbocycles. The minimum atomic E-state index is 0.0844. The molecule has 18 heavy (non-hydrogen) atoms. The largest absolute Gasteiger partial charge is 0.392 e. The summed E-state index contributed by atoms with van der Waals surface area (Å²) in [5.41, 5.74) is 5.53. The highest BCUT2D eigenvalue weighted by Crippen LogP contribution is 2.19. The van der Waals surface area contributed by atoms with Crippen molar-refractivity contribution >= 4 is 0 Å². The molecule has 1 aromatic heterocycles. The highest BCUT2D eigenvalue weighted by molar-refractivity contribution is 5.43. The molecule has 0 amide bonds. The van der Waals surface area contributed by atoms with E-state index >= 15 is 0 Å². The van der Waals surface area contributed by atoms with Crippen molar-refractivity contribution in [2.45, 2.75) is 40.2 Å². The van der Waals surface area contributed by atoms with E-state index in [9.17, 15) is 0 Å². The molecule has 96 valence electrons. The topological polar surface area (TPSA) is 38.0 Å². The van der Waals surface area contributed by atoms with Gasteiger partial charge in [-0.1, -0.05) is 26.0 Å². The van der Waals surface area contributed by atoms with Crippen LogP contribution in [0.25, 0.3) is 5.69 Å². The third kappa shape index (κ3) is 2.31. The first kappa shape index (κ1) is 12.8. The van der Waals surface area contributed by atoms with E-state index in [1.807, 2.05) is 22.9 Å². The molecule has 0 aliphatic rings. The molecule has 0 fully saturated rings. The number of nitrogens with zero attached hydrogens (tertiary/aromatic N) is 2. The molecule has 1 N–H and O–H groups in total. The lowest BCUT2D eigenvalue weighted by Gasteiger charge is -2.10. The Morgan fingerprint density at radius 2 is 1.94 bits per heavy atom.